The zero-order valence-corrected chi connectivity index (χ0v) is 9.38. The minimum absolute atomic E-state index is 0.347. The van der Waals surface area contributed by atoms with Crippen molar-refractivity contribution in [2.75, 3.05) is 19.7 Å². The number of unbranched alkanes of at least 4 members (excludes halogenated alkanes) is 1. The van der Waals surface area contributed by atoms with E-state index in [0.717, 1.165) is 44.8 Å². The highest BCUT2D eigenvalue weighted by molar-refractivity contribution is 5.80. The molecule has 1 fully saturated rings. The van der Waals surface area contributed by atoms with E-state index in [0.29, 0.717) is 6.10 Å². The van der Waals surface area contributed by atoms with Crippen LogP contribution in [0.5, 0.6) is 0 Å². The van der Waals surface area contributed by atoms with Crippen LogP contribution in [0.4, 0.5) is 0 Å². The smallest absolute Gasteiger partial charge is 0.0958 e. The second-order valence-electron chi connectivity index (χ2n) is 4.16. The molecule has 0 bridgehead atoms. The largest absolute Gasteiger partial charge is 0.379 e. The van der Waals surface area contributed by atoms with Crippen molar-refractivity contribution in [1.82, 2.24) is 4.90 Å². The molecule has 1 heterocycles. The topological polar surface area (TPSA) is 36.3 Å². The van der Waals surface area contributed by atoms with E-state index in [4.69, 9.17) is 10.1 Å². The molecule has 1 aliphatic rings. The summed E-state index contributed by atoms with van der Waals surface area (Å²) in [4.78, 5) is 2.19. The van der Waals surface area contributed by atoms with Gasteiger partial charge in [0, 0.05) is 26.1 Å². The van der Waals surface area contributed by atoms with Crippen LogP contribution in [0.2, 0.25) is 0 Å². The minimum Gasteiger partial charge on any atom is -0.379 e. The first-order chi connectivity index (χ1) is 6.70. The van der Waals surface area contributed by atoms with Crippen molar-refractivity contribution in [2.45, 2.75) is 45.6 Å². The molecule has 0 atom stereocenters. The predicted octanol–water partition coefficient (Wildman–Crippen LogP) is 2.26. The molecule has 0 spiro atoms. The Morgan fingerprint density at radius 3 is 2.79 bits per heavy atom. The first-order valence-corrected chi connectivity index (χ1v) is 5.64. The fourth-order valence-electron chi connectivity index (χ4n) is 1.70. The molecule has 1 saturated heterocycles. The summed E-state index contributed by atoms with van der Waals surface area (Å²) in [7, 11) is 0. The lowest BCUT2D eigenvalue weighted by atomic mass is 10.3. The summed E-state index contributed by atoms with van der Waals surface area (Å²) in [5.41, 5.74) is 0. The number of ether oxygens (including phenoxy) is 1. The van der Waals surface area contributed by atoms with E-state index in [2.05, 4.69) is 18.7 Å². The molecule has 0 amide bonds. The lowest BCUT2D eigenvalue weighted by molar-refractivity contribution is 0.0753. The molecular weight excluding hydrogens is 176 g/mol. The maximum absolute atomic E-state index is 7.65. The van der Waals surface area contributed by atoms with Gasteiger partial charge in [0.15, 0.2) is 0 Å². The van der Waals surface area contributed by atoms with Crippen LogP contribution < -0.4 is 0 Å². The molecule has 0 unspecified atom stereocenters. The molecule has 0 radical (unpaired) electrons. The third kappa shape index (κ3) is 4.09. The molecule has 0 aromatic heterocycles. The van der Waals surface area contributed by atoms with Crippen molar-refractivity contribution < 1.29 is 4.74 Å². The van der Waals surface area contributed by atoms with Crippen molar-refractivity contribution in [3.05, 3.63) is 0 Å². The fraction of sp³-hybridized carbons (Fsp3) is 0.909. The summed E-state index contributed by atoms with van der Waals surface area (Å²) in [5, 5.41) is 7.65. The predicted molar refractivity (Wildman–Crippen MR) is 58.9 cm³/mol. The van der Waals surface area contributed by atoms with E-state index in [1.54, 1.807) is 0 Å². The van der Waals surface area contributed by atoms with Gasteiger partial charge >= 0.3 is 0 Å². The summed E-state index contributed by atoms with van der Waals surface area (Å²) in [6.07, 6.45) is 4.75. The van der Waals surface area contributed by atoms with Crippen molar-refractivity contribution >= 4 is 5.84 Å². The normalized spacial score (nSPS) is 17.1. The molecule has 14 heavy (non-hydrogen) atoms. The first-order valence-electron chi connectivity index (χ1n) is 5.64. The fourth-order valence-corrected chi connectivity index (χ4v) is 1.70. The minimum atomic E-state index is 0.347. The van der Waals surface area contributed by atoms with E-state index in [1.807, 2.05) is 0 Å². The Kier molecular flexibility index (Phi) is 4.94. The van der Waals surface area contributed by atoms with Crippen molar-refractivity contribution in [3.8, 4) is 0 Å². The number of nitrogens with zero attached hydrogens (tertiary/aromatic N) is 1. The molecule has 0 aromatic rings. The highest BCUT2D eigenvalue weighted by Crippen LogP contribution is 2.10. The molecule has 82 valence electrons. The van der Waals surface area contributed by atoms with Crippen LogP contribution in [0.25, 0.3) is 0 Å². The van der Waals surface area contributed by atoms with Crippen LogP contribution in [0, 0.1) is 5.41 Å². The Hall–Kier alpha value is -0.570. The van der Waals surface area contributed by atoms with Gasteiger partial charge in [0.25, 0.3) is 0 Å². The van der Waals surface area contributed by atoms with Crippen molar-refractivity contribution in [1.29, 1.82) is 5.41 Å². The SMILES string of the molecule is CC(C)OCCCCN1CCCC1=N. The van der Waals surface area contributed by atoms with E-state index in [1.165, 1.54) is 6.42 Å². The summed E-state index contributed by atoms with van der Waals surface area (Å²) in [5.74, 6) is 0.828. The Labute approximate surface area is 86.9 Å². The number of nitrogens with one attached hydrogen (secondary N) is 1. The Bertz CT molecular complexity index is 180. The standard InChI is InChI=1S/C11H22N2O/c1-10(2)14-9-4-3-7-13-8-5-6-11(13)12/h10,12H,3-9H2,1-2H3. The molecule has 0 aromatic carbocycles. The van der Waals surface area contributed by atoms with Gasteiger partial charge < -0.3 is 9.64 Å². The Balaban J connectivity index is 1.96. The average Bonchev–Trinajstić information content (AvgIpc) is 2.51. The lowest BCUT2D eigenvalue weighted by Crippen LogP contribution is -2.25. The Morgan fingerprint density at radius 1 is 1.43 bits per heavy atom. The molecule has 1 rings (SSSR count). The van der Waals surface area contributed by atoms with Gasteiger partial charge in [0.05, 0.1) is 11.9 Å². The summed E-state index contributed by atoms with van der Waals surface area (Å²) >= 11 is 0. The maximum Gasteiger partial charge on any atom is 0.0958 e. The van der Waals surface area contributed by atoms with Crippen molar-refractivity contribution in [2.24, 2.45) is 0 Å². The van der Waals surface area contributed by atoms with Crippen LogP contribution in [-0.2, 0) is 4.74 Å². The second-order valence-corrected chi connectivity index (χ2v) is 4.16. The number of amidine groups is 1. The quantitative estimate of drug-likeness (QED) is 0.665. The first kappa shape index (κ1) is 11.5. The highest BCUT2D eigenvalue weighted by Gasteiger charge is 2.15. The summed E-state index contributed by atoms with van der Waals surface area (Å²) in [6.45, 7) is 7.12. The van der Waals surface area contributed by atoms with E-state index in [9.17, 15) is 0 Å². The summed E-state index contributed by atoms with van der Waals surface area (Å²) < 4.78 is 5.46. The number of rotatable bonds is 6. The number of hydrogen-bond acceptors (Lipinski definition) is 2. The van der Waals surface area contributed by atoms with E-state index >= 15 is 0 Å². The number of hydrogen-bond donors (Lipinski definition) is 1. The van der Waals surface area contributed by atoms with Crippen LogP contribution >= 0.6 is 0 Å². The van der Waals surface area contributed by atoms with Gasteiger partial charge in [0.1, 0.15) is 0 Å². The van der Waals surface area contributed by atoms with E-state index < -0.39 is 0 Å². The van der Waals surface area contributed by atoms with Gasteiger partial charge in [-0.1, -0.05) is 0 Å². The monoisotopic (exact) mass is 198 g/mol. The maximum atomic E-state index is 7.65. The van der Waals surface area contributed by atoms with Crippen LogP contribution in [0.1, 0.15) is 39.5 Å². The molecular formula is C11H22N2O. The van der Waals surface area contributed by atoms with Gasteiger partial charge in [-0.2, -0.15) is 0 Å². The van der Waals surface area contributed by atoms with Crippen LogP contribution in [0.3, 0.4) is 0 Å². The molecule has 3 heteroatoms. The van der Waals surface area contributed by atoms with Crippen LogP contribution in [-0.4, -0.2) is 36.5 Å². The van der Waals surface area contributed by atoms with Gasteiger partial charge in [-0.05, 0) is 33.1 Å². The average molecular weight is 198 g/mol. The van der Waals surface area contributed by atoms with Gasteiger partial charge in [-0.25, -0.2) is 0 Å². The zero-order valence-electron chi connectivity index (χ0n) is 9.38. The molecule has 0 aliphatic carbocycles. The van der Waals surface area contributed by atoms with E-state index in [-0.39, 0.29) is 0 Å². The molecule has 3 nitrogen and oxygen atoms in total. The molecule has 1 aliphatic heterocycles. The highest BCUT2D eigenvalue weighted by atomic mass is 16.5. The third-order valence-electron chi connectivity index (χ3n) is 2.50. The lowest BCUT2D eigenvalue weighted by Gasteiger charge is -2.17. The molecule has 1 N–H and O–H groups in total. The molecule has 0 saturated carbocycles. The second kappa shape index (κ2) is 6.02. The van der Waals surface area contributed by atoms with Gasteiger partial charge in [-0.15, -0.1) is 0 Å². The zero-order chi connectivity index (χ0) is 10.4. The summed E-state index contributed by atoms with van der Waals surface area (Å²) in [6, 6.07) is 0. The van der Waals surface area contributed by atoms with Gasteiger partial charge in [0.2, 0.25) is 0 Å². The third-order valence-corrected chi connectivity index (χ3v) is 2.50. The van der Waals surface area contributed by atoms with Crippen molar-refractivity contribution in [3.63, 3.8) is 0 Å². The Morgan fingerprint density at radius 2 is 2.21 bits per heavy atom. The number of likely N-dealkylation sites (tertiary alicyclic amines) is 1. The van der Waals surface area contributed by atoms with Gasteiger partial charge in [-0.3, -0.25) is 5.41 Å². The van der Waals surface area contributed by atoms with Crippen LogP contribution in [0.15, 0.2) is 0 Å².